The van der Waals surface area contributed by atoms with Gasteiger partial charge in [-0.3, -0.25) is 14.9 Å². The second-order valence-electron chi connectivity index (χ2n) is 7.03. The molecule has 0 radical (unpaired) electrons. The van der Waals surface area contributed by atoms with Gasteiger partial charge in [0.2, 0.25) is 5.91 Å². The second-order valence-corrected chi connectivity index (χ2v) is 9.09. The van der Waals surface area contributed by atoms with Gasteiger partial charge in [-0.1, -0.05) is 30.0 Å². The lowest BCUT2D eigenvalue weighted by Crippen LogP contribution is -2.16. The molecule has 0 fully saturated rings. The average molecular weight is 483 g/mol. The van der Waals surface area contributed by atoms with Crippen LogP contribution in [0, 0.1) is 5.82 Å². The predicted octanol–water partition coefficient (Wildman–Crippen LogP) is 3.98. The number of hydrogen-bond acceptors (Lipinski definition) is 7. The lowest BCUT2D eigenvalue weighted by Gasteiger charge is -2.07. The fourth-order valence-electron chi connectivity index (χ4n) is 2.89. The number of nitrogens with zero attached hydrogens (tertiary/aromatic N) is 4. The zero-order valence-electron chi connectivity index (χ0n) is 17.5. The van der Waals surface area contributed by atoms with Crippen LogP contribution in [0.15, 0.2) is 66.2 Å². The summed E-state index contributed by atoms with van der Waals surface area (Å²) in [5, 5.41) is 14.4. The molecule has 8 nitrogen and oxygen atoms in total. The molecule has 4 rings (SSSR count). The van der Waals surface area contributed by atoms with Gasteiger partial charge in [0, 0.05) is 35.8 Å². The Morgan fingerprint density at radius 2 is 1.97 bits per heavy atom. The van der Waals surface area contributed by atoms with E-state index in [1.54, 1.807) is 60.5 Å². The average Bonchev–Trinajstić information content (AvgIpc) is 3.42. The monoisotopic (exact) mass is 482 g/mol. The van der Waals surface area contributed by atoms with E-state index in [4.69, 9.17) is 0 Å². The van der Waals surface area contributed by atoms with E-state index >= 15 is 0 Å². The molecule has 0 bridgehead atoms. The zero-order chi connectivity index (χ0) is 23.2. The molecule has 2 heterocycles. The van der Waals surface area contributed by atoms with E-state index in [1.807, 2.05) is 0 Å². The number of benzene rings is 2. The summed E-state index contributed by atoms with van der Waals surface area (Å²) in [6.07, 6.45) is 3.85. The Labute approximate surface area is 197 Å². The Morgan fingerprint density at radius 1 is 1.15 bits per heavy atom. The van der Waals surface area contributed by atoms with Crippen molar-refractivity contribution in [3.8, 4) is 0 Å². The molecule has 2 aromatic heterocycles. The first-order chi connectivity index (χ1) is 16.0. The van der Waals surface area contributed by atoms with Crippen molar-refractivity contribution in [2.24, 2.45) is 7.05 Å². The minimum atomic E-state index is -0.331. The predicted molar refractivity (Wildman–Crippen MR) is 126 cm³/mol. The van der Waals surface area contributed by atoms with Crippen LogP contribution in [0.1, 0.15) is 20.8 Å². The van der Waals surface area contributed by atoms with Gasteiger partial charge in [0.1, 0.15) is 12.1 Å². The standard InChI is InChI=1S/C22H19FN6O2S2/c1-29-13-25-28-22(29)32-12-19(30)26-17-4-2-3-15(10-17)20(31)27-21-24-11-18(33-21)9-14-5-7-16(23)8-6-14/h2-8,10-11,13H,9,12H2,1H3,(H,26,30)(H,24,27,31). The highest BCUT2D eigenvalue weighted by atomic mass is 32.2. The summed E-state index contributed by atoms with van der Waals surface area (Å²) in [5.41, 5.74) is 1.87. The Morgan fingerprint density at radius 3 is 2.73 bits per heavy atom. The number of amides is 2. The van der Waals surface area contributed by atoms with Crippen LogP contribution < -0.4 is 10.6 Å². The first-order valence-corrected chi connectivity index (χ1v) is 11.6. The summed E-state index contributed by atoms with van der Waals surface area (Å²) in [7, 11) is 1.80. The quantitative estimate of drug-likeness (QED) is 0.368. The van der Waals surface area contributed by atoms with E-state index < -0.39 is 0 Å². The third-order valence-electron chi connectivity index (χ3n) is 4.48. The number of rotatable bonds is 8. The van der Waals surface area contributed by atoms with Crippen molar-refractivity contribution in [2.45, 2.75) is 11.6 Å². The van der Waals surface area contributed by atoms with Crippen LogP contribution in [-0.4, -0.2) is 37.3 Å². The van der Waals surface area contributed by atoms with Crippen LogP contribution in [-0.2, 0) is 18.3 Å². The molecule has 0 aliphatic heterocycles. The van der Waals surface area contributed by atoms with E-state index in [2.05, 4.69) is 25.8 Å². The molecule has 4 aromatic rings. The number of carbonyl (C=O) groups is 2. The van der Waals surface area contributed by atoms with Gasteiger partial charge in [-0.05, 0) is 35.9 Å². The van der Waals surface area contributed by atoms with E-state index in [9.17, 15) is 14.0 Å². The maximum absolute atomic E-state index is 13.1. The maximum Gasteiger partial charge on any atom is 0.257 e. The highest BCUT2D eigenvalue weighted by Crippen LogP contribution is 2.22. The third kappa shape index (κ3) is 6.24. The molecular weight excluding hydrogens is 463 g/mol. The summed E-state index contributed by atoms with van der Waals surface area (Å²) in [6, 6.07) is 12.9. The van der Waals surface area contributed by atoms with Crippen molar-refractivity contribution < 1.29 is 14.0 Å². The number of thioether (sulfide) groups is 1. The molecule has 0 saturated carbocycles. The Hall–Kier alpha value is -3.57. The summed E-state index contributed by atoms with van der Waals surface area (Å²) < 4.78 is 14.8. The minimum absolute atomic E-state index is 0.166. The van der Waals surface area contributed by atoms with Crippen LogP contribution in [0.2, 0.25) is 0 Å². The normalized spacial score (nSPS) is 10.7. The van der Waals surface area contributed by atoms with E-state index in [1.165, 1.54) is 35.2 Å². The SMILES string of the molecule is Cn1cnnc1SCC(=O)Nc1cccc(C(=O)Nc2ncc(Cc3ccc(F)cc3)s2)c1. The molecule has 168 valence electrons. The van der Waals surface area contributed by atoms with Crippen LogP contribution in [0.4, 0.5) is 15.2 Å². The lowest BCUT2D eigenvalue weighted by atomic mass is 10.1. The summed E-state index contributed by atoms with van der Waals surface area (Å²) in [5.74, 6) is -0.661. The van der Waals surface area contributed by atoms with Gasteiger partial charge < -0.3 is 9.88 Å². The molecule has 0 aliphatic carbocycles. The van der Waals surface area contributed by atoms with Crippen molar-refractivity contribution >= 4 is 45.7 Å². The van der Waals surface area contributed by atoms with Gasteiger partial charge in [-0.25, -0.2) is 9.37 Å². The molecule has 11 heteroatoms. The molecule has 0 saturated heterocycles. The summed E-state index contributed by atoms with van der Waals surface area (Å²) in [4.78, 5) is 30.1. The maximum atomic E-state index is 13.1. The molecule has 2 N–H and O–H groups in total. The number of aromatic nitrogens is 4. The molecule has 0 aliphatic rings. The third-order valence-corrected chi connectivity index (χ3v) is 6.42. The molecule has 33 heavy (non-hydrogen) atoms. The van der Waals surface area contributed by atoms with Crippen molar-refractivity contribution in [3.05, 3.63) is 82.9 Å². The van der Waals surface area contributed by atoms with E-state index in [-0.39, 0.29) is 23.4 Å². The molecule has 0 spiro atoms. The van der Waals surface area contributed by atoms with Crippen LogP contribution in [0.3, 0.4) is 0 Å². The van der Waals surface area contributed by atoms with Crippen molar-refractivity contribution in [1.29, 1.82) is 0 Å². The molecule has 2 aromatic carbocycles. The van der Waals surface area contributed by atoms with Crippen molar-refractivity contribution in [2.75, 3.05) is 16.4 Å². The number of thiazole rings is 1. The topological polar surface area (TPSA) is 102 Å². The lowest BCUT2D eigenvalue weighted by molar-refractivity contribution is -0.113. The van der Waals surface area contributed by atoms with E-state index in [0.717, 1.165) is 10.4 Å². The zero-order valence-corrected chi connectivity index (χ0v) is 19.1. The first kappa shape index (κ1) is 22.6. The van der Waals surface area contributed by atoms with Gasteiger partial charge >= 0.3 is 0 Å². The highest BCUT2D eigenvalue weighted by molar-refractivity contribution is 7.99. The smallest absolute Gasteiger partial charge is 0.257 e. The van der Waals surface area contributed by atoms with Crippen LogP contribution >= 0.6 is 23.1 Å². The Bertz CT molecular complexity index is 1270. The molecule has 2 amide bonds. The minimum Gasteiger partial charge on any atom is -0.325 e. The molecular formula is C22H19FN6O2S2. The number of nitrogens with one attached hydrogen (secondary N) is 2. The number of anilines is 2. The van der Waals surface area contributed by atoms with Crippen LogP contribution in [0.25, 0.3) is 0 Å². The first-order valence-electron chi connectivity index (χ1n) is 9.83. The summed E-state index contributed by atoms with van der Waals surface area (Å²) >= 11 is 2.62. The highest BCUT2D eigenvalue weighted by Gasteiger charge is 2.12. The van der Waals surface area contributed by atoms with Gasteiger partial charge in [0.05, 0.1) is 5.75 Å². The Balaban J connectivity index is 1.33. The number of carbonyl (C=O) groups excluding carboxylic acids is 2. The van der Waals surface area contributed by atoms with Gasteiger partial charge in [-0.2, -0.15) is 0 Å². The van der Waals surface area contributed by atoms with E-state index in [0.29, 0.717) is 28.0 Å². The molecule has 0 unspecified atom stereocenters. The van der Waals surface area contributed by atoms with Crippen molar-refractivity contribution in [1.82, 2.24) is 19.7 Å². The van der Waals surface area contributed by atoms with Gasteiger partial charge in [0.25, 0.3) is 5.91 Å². The fraction of sp³-hybridized carbons (Fsp3) is 0.136. The van der Waals surface area contributed by atoms with Crippen LogP contribution in [0.5, 0.6) is 0 Å². The van der Waals surface area contributed by atoms with Gasteiger partial charge in [-0.15, -0.1) is 21.5 Å². The van der Waals surface area contributed by atoms with Gasteiger partial charge in [0.15, 0.2) is 10.3 Å². The Kier molecular flexibility index (Phi) is 7.10. The number of hydrogen-bond donors (Lipinski definition) is 2. The number of halogens is 1. The fourth-order valence-corrected chi connectivity index (χ4v) is 4.42. The summed E-state index contributed by atoms with van der Waals surface area (Å²) in [6.45, 7) is 0. The molecule has 0 atom stereocenters. The largest absolute Gasteiger partial charge is 0.325 e. The number of aryl methyl sites for hydroxylation is 1. The second kappa shape index (κ2) is 10.4. The van der Waals surface area contributed by atoms with Crippen molar-refractivity contribution in [3.63, 3.8) is 0 Å².